The van der Waals surface area contributed by atoms with Crippen molar-refractivity contribution in [3.63, 3.8) is 0 Å². The van der Waals surface area contributed by atoms with Gasteiger partial charge in [-0.15, -0.1) is 0 Å². The van der Waals surface area contributed by atoms with Crippen molar-refractivity contribution in [2.45, 2.75) is 18.7 Å². The molecule has 0 fully saturated rings. The molecule has 7 nitrogen and oxygen atoms in total. The maximum Gasteiger partial charge on any atom is 0.294 e. The molecule has 1 aliphatic carbocycles. The largest absolute Gasteiger partial charge is 0.366 e. The van der Waals surface area contributed by atoms with E-state index >= 15 is 0 Å². The van der Waals surface area contributed by atoms with Crippen LogP contribution in [-0.4, -0.2) is 28.8 Å². The molecule has 3 aromatic carbocycles. The molecule has 1 aliphatic rings. The Hall–Kier alpha value is -3.36. The van der Waals surface area contributed by atoms with E-state index in [2.05, 4.69) is 9.97 Å². The number of aromatic nitrogens is 2. The van der Waals surface area contributed by atoms with Gasteiger partial charge in [-0.3, -0.25) is 9.35 Å². The molecule has 1 aromatic heterocycles. The first-order valence-electron chi connectivity index (χ1n) is 8.99. The van der Waals surface area contributed by atoms with Crippen LogP contribution in [0.3, 0.4) is 0 Å². The molecule has 5 rings (SSSR count). The number of benzene rings is 3. The van der Waals surface area contributed by atoms with Crippen LogP contribution in [0.2, 0.25) is 0 Å². The summed E-state index contributed by atoms with van der Waals surface area (Å²) in [4.78, 5) is 20.5. The molecule has 0 saturated heterocycles. The molecule has 4 aromatic rings. The monoisotopic (exact) mass is 407 g/mol. The second-order valence-corrected chi connectivity index (χ2v) is 7.76. The van der Waals surface area contributed by atoms with Gasteiger partial charge in [-0.05, 0) is 35.7 Å². The average Bonchev–Trinajstić information content (AvgIpc) is 3.01. The minimum absolute atomic E-state index is 0.194. The molecular weight excluding hydrogens is 390 g/mol. The van der Waals surface area contributed by atoms with Gasteiger partial charge < -0.3 is 5.73 Å². The van der Waals surface area contributed by atoms with Crippen LogP contribution < -0.4 is 5.73 Å². The number of nitrogens with two attached hydrogens (primary N) is 1. The lowest BCUT2D eigenvalue weighted by molar-refractivity contribution is 0.100. The maximum absolute atomic E-state index is 11.7. The minimum Gasteiger partial charge on any atom is -0.366 e. The normalized spacial score (nSPS) is 11.8. The summed E-state index contributed by atoms with van der Waals surface area (Å²) in [6.45, 7) is 4.00. The third kappa shape index (κ3) is 2.93. The predicted molar refractivity (Wildman–Crippen MR) is 111 cm³/mol. The molecule has 0 aliphatic heterocycles. The van der Waals surface area contributed by atoms with Crippen LogP contribution in [0.5, 0.6) is 0 Å². The third-order valence-electron chi connectivity index (χ3n) is 4.71. The van der Waals surface area contributed by atoms with E-state index < -0.39 is 16.0 Å². The van der Waals surface area contributed by atoms with Crippen LogP contribution in [0.25, 0.3) is 44.3 Å². The molecule has 1 heterocycles. The molecule has 0 atom stereocenters. The molecule has 29 heavy (non-hydrogen) atoms. The molecular formula is C21H17N3O4S. The first-order chi connectivity index (χ1) is 13.8. The van der Waals surface area contributed by atoms with Crippen molar-refractivity contribution >= 4 is 37.8 Å². The molecule has 8 heteroatoms. The Bertz CT molecular complexity index is 1430. The van der Waals surface area contributed by atoms with Gasteiger partial charge in [0, 0.05) is 22.1 Å². The van der Waals surface area contributed by atoms with Crippen LogP contribution in [0.15, 0.2) is 53.4 Å². The summed E-state index contributed by atoms with van der Waals surface area (Å²) in [6, 6.07) is 13.1. The highest BCUT2D eigenvalue weighted by atomic mass is 32.2. The van der Waals surface area contributed by atoms with Gasteiger partial charge >= 0.3 is 0 Å². The highest BCUT2D eigenvalue weighted by molar-refractivity contribution is 7.85. The fraction of sp³-hybridized carbons (Fsp3) is 0.0952. The smallest absolute Gasteiger partial charge is 0.294 e. The summed E-state index contributed by atoms with van der Waals surface area (Å²) in [5, 5.41) is 1.49. The highest BCUT2D eigenvalue weighted by Crippen LogP contribution is 2.46. The lowest BCUT2D eigenvalue weighted by Gasteiger charge is -2.05. The number of carbonyl (C=O) groups excluding carboxylic acids is 1. The van der Waals surface area contributed by atoms with Gasteiger partial charge in [0.25, 0.3) is 10.1 Å². The van der Waals surface area contributed by atoms with Crippen molar-refractivity contribution in [3.8, 4) is 22.5 Å². The van der Waals surface area contributed by atoms with Crippen LogP contribution >= 0.6 is 0 Å². The third-order valence-corrected chi connectivity index (χ3v) is 5.54. The Kier molecular flexibility index (Phi) is 4.33. The van der Waals surface area contributed by atoms with Gasteiger partial charge in [0.1, 0.15) is 0 Å². The van der Waals surface area contributed by atoms with Gasteiger partial charge in [-0.1, -0.05) is 32.0 Å². The number of nitrogens with zero attached hydrogens (tertiary/aromatic N) is 2. The lowest BCUT2D eigenvalue weighted by atomic mass is 10.0. The molecule has 0 spiro atoms. The molecule has 146 valence electrons. The van der Waals surface area contributed by atoms with E-state index in [0.29, 0.717) is 38.9 Å². The lowest BCUT2D eigenvalue weighted by Crippen LogP contribution is -2.10. The standard InChI is InChI=1S/C19H11N3O4S.C2H6/c20-19(23)10-4-5-14-15(7-10)22-17-12-3-1-2-9-6-11(27(24,25)26)8-13(16(9)12)18(17)21-14;1-2/h1-8H,(H2,20,23)(H,24,25,26);1-2H3. The van der Waals surface area contributed by atoms with Crippen molar-refractivity contribution < 1.29 is 17.8 Å². The topological polar surface area (TPSA) is 123 Å². The summed E-state index contributed by atoms with van der Waals surface area (Å²) in [7, 11) is -4.36. The van der Waals surface area contributed by atoms with Gasteiger partial charge in [0.15, 0.2) is 0 Å². The minimum atomic E-state index is -4.36. The number of primary amides is 1. The van der Waals surface area contributed by atoms with Crippen molar-refractivity contribution in [1.82, 2.24) is 9.97 Å². The van der Waals surface area contributed by atoms with E-state index in [-0.39, 0.29) is 4.90 Å². The van der Waals surface area contributed by atoms with Crippen molar-refractivity contribution in [2.24, 2.45) is 5.73 Å². The second-order valence-electron chi connectivity index (χ2n) is 6.34. The number of amides is 1. The number of hydrogen-bond acceptors (Lipinski definition) is 5. The Morgan fingerprint density at radius 2 is 1.62 bits per heavy atom. The van der Waals surface area contributed by atoms with Crippen LogP contribution in [0, 0.1) is 0 Å². The highest BCUT2D eigenvalue weighted by Gasteiger charge is 2.27. The first kappa shape index (κ1) is 19.0. The fourth-order valence-electron chi connectivity index (χ4n) is 3.52. The number of fused-ring (bicyclic) bond motifs is 4. The SMILES string of the molecule is CC.NC(=O)c1ccc2nc3c(nc2c1)-c1cccc2cc(S(=O)(=O)O)cc-3c12. The molecule has 0 radical (unpaired) electrons. The summed E-state index contributed by atoms with van der Waals surface area (Å²) < 4.78 is 32.8. The quantitative estimate of drug-likeness (QED) is 0.429. The zero-order chi connectivity index (χ0) is 20.9. The van der Waals surface area contributed by atoms with Crippen LogP contribution in [0.1, 0.15) is 24.2 Å². The van der Waals surface area contributed by atoms with E-state index in [1.54, 1.807) is 30.3 Å². The van der Waals surface area contributed by atoms with Gasteiger partial charge in [0.05, 0.1) is 27.3 Å². The van der Waals surface area contributed by atoms with E-state index in [0.717, 1.165) is 10.9 Å². The van der Waals surface area contributed by atoms with Gasteiger partial charge in [0.2, 0.25) is 5.91 Å². The van der Waals surface area contributed by atoms with Crippen molar-refractivity contribution in [3.05, 3.63) is 54.1 Å². The number of rotatable bonds is 2. The first-order valence-corrected chi connectivity index (χ1v) is 10.4. The average molecular weight is 407 g/mol. The number of carbonyl (C=O) groups is 1. The molecule has 0 unspecified atom stereocenters. The van der Waals surface area contributed by atoms with Crippen molar-refractivity contribution in [2.75, 3.05) is 0 Å². The van der Waals surface area contributed by atoms with Crippen molar-refractivity contribution in [1.29, 1.82) is 0 Å². The predicted octanol–water partition coefficient (Wildman–Crippen LogP) is 3.80. The Morgan fingerprint density at radius 1 is 0.931 bits per heavy atom. The van der Waals surface area contributed by atoms with E-state index in [9.17, 15) is 17.8 Å². The summed E-state index contributed by atoms with van der Waals surface area (Å²) in [5.41, 5.74) is 9.28. The van der Waals surface area contributed by atoms with E-state index in [4.69, 9.17) is 5.73 Å². The van der Waals surface area contributed by atoms with Crippen LogP contribution in [-0.2, 0) is 10.1 Å². The Balaban J connectivity index is 0.000000994. The molecule has 0 saturated carbocycles. The Labute approximate surface area is 167 Å². The van der Waals surface area contributed by atoms with E-state index in [1.807, 2.05) is 19.9 Å². The molecule has 3 N–H and O–H groups in total. The summed E-state index contributed by atoms with van der Waals surface area (Å²) in [5.74, 6) is -0.553. The second kappa shape index (κ2) is 6.61. The molecule has 1 amide bonds. The molecule has 0 bridgehead atoms. The summed E-state index contributed by atoms with van der Waals surface area (Å²) >= 11 is 0. The van der Waals surface area contributed by atoms with Gasteiger partial charge in [-0.2, -0.15) is 8.42 Å². The maximum atomic E-state index is 11.7. The number of hydrogen-bond donors (Lipinski definition) is 2. The van der Waals surface area contributed by atoms with E-state index in [1.165, 1.54) is 12.1 Å². The zero-order valence-electron chi connectivity index (χ0n) is 15.7. The van der Waals surface area contributed by atoms with Crippen LogP contribution in [0.4, 0.5) is 0 Å². The zero-order valence-corrected chi connectivity index (χ0v) is 16.5. The Morgan fingerprint density at radius 3 is 2.31 bits per heavy atom. The van der Waals surface area contributed by atoms with Gasteiger partial charge in [-0.25, -0.2) is 9.97 Å². The fourth-order valence-corrected chi connectivity index (χ4v) is 4.06. The summed E-state index contributed by atoms with van der Waals surface area (Å²) in [6.07, 6.45) is 0.